The lowest BCUT2D eigenvalue weighted by atomic mass is 9.94. The van der Waals surface area contributed by atoms with Gasteiger partial charge in [0.25, 0.3) is 5.91 Å². The highest BCUT2D eigenvalue weighted by Crippen LogP contribution is 2.44. The first kappa shape index (κ1) is 24.7. The molecule has 0 aromatic heterocycles. The lowest BCUT2D eigenvalue weighted by Crippen LogP contribution is -2.63. The van der Waals surface area contributed by atoms with Crippen molar-refractivity contribution in [2.24, 2.45) is 5.92 Å². The molecule has 0 heterocycles. The Kier molecular flexibility index (Phi) is 7.40. The summed E-state index contributed by atoms with van der Waals surface area (Å²) in [5.74, 6) is -1.38. The van der Waals surface area contributed by atoms with Crippen LogP contribution in [0.3, 0.4) is 0 Å². The minimum Gasteiger partial charge on any atom is -0.480 e. The number of nitrogens with one attached hydrogen (secondary N) is 1. The standard InChI is InChI=1S/C27H32N2O6/c1-3-27(17-34-2,25(32)29(15-24(30)31)14-18-12-13-18)28-26(33)35-16-23-21-10-6-4-8-19(21)20-9-5-7-11-22(20)23/h4-11,18,23H,3,12-17H2,1-2H3,(H,28,33)(H,30,31). The van der Waals surface area contributed by atoms with Crippen molar-refractivity contribution in [2.45, 2.75) is 37.6 Å². The third-order valence-corrected chi connectivity index (χ3v) is 6.88. The van der Waals surface area contributed by atoms with Gasteiger partial charge < -0.3 is 24.8 Å². The largest absolute Gasteiger partial charge is 0.480 e. The van der Waals surface area contributed by atoms with Gasteiger partial charge in [-0.05, 0) is 47.4 Å². The monoisotopic (exact) mass is 480 g/mol. The van der Waals surface area contributed by atoms with E-state index >= 15 is 0 Å². The Bertz CT molecular complexity index is 1050. The van der Waals surface area contributed by atoms with E-state index in [1.165, 1.54) is 12.0 Å². The summed E-state index contributed by atoms with van der Waals surface area (Å²) in [6, 6.07) is 16.1. The molecule has 186 valence electrons. The molecule has 4 rings (SSSR count). The maximum Gasteiger partial charge on any atom is 0.408 e. The van der Waals surface area contributed by atoms with Crippen molar-refractivity contribution in [3.8, 4) is 11.1 Å². The van der Waals surface area contributed by atoms with Gasteiger partial charge in [-0.15, -0.1) is 0 Å². The molecule has 2 aliphatic rings. The van der Waals surface area contributed by atoms with Crippen molar-refractivity contribution in [3.05, 3.63) is 59.7 Å². The smallest absolute Gasteiger partial charge is 0.408 e. The third kappa shape index (κ3) is 5.32. The highest BCUT2D eigenvalue weighted by atomic mass is 16.5. The maximum atomic E-state index is 13.5. The molecule has 1 atom stereocenters. The molecule has 0 radical (unpaired) electrons. The number of amides is 2. The fourth-order valence-electron chi connectivity index (χ4n) is 4.87. The fourth-order valence-corrected chi connectivity index (χ4v) is 4.87. The summed E-state index contributed by atoms with van der Waals surface area (Å²) in [4.78, 5) is 39.2. The number of hydrogen-bond donors (Lipinski definition) is 2. The van der Waals surface area contributed by atoms with Crippen molar-refractivity contribution < 1.29 is 29.0 Å². The SMILES string of the molecule is CCC(COC)(NC(=O)OCC1c2ccccc2-c2ccccc21)C(=O)N(CC(=O)O)CC1CC1. The van der Waals surface area contributed by atoms with E-state index in [-0.39, 0.29) is 25.6 Å². The van der Waals surface area contributed by atoms with Crippen molar-refractivity contribution in [1.82, 2.24) is 10.2 Å². The average Bonchev–Trinajstić information content (AvgIpc) is 3.61. The fraction of sp³-hybridized carbons (Fsp3) is 0.444. The zero-order valence-corrected chi connectivity index (χ0v) is 20.2. The van der Waals surface area contributed by atoms with Crippen LogP contribution in [0.1, 0.15) is 43.2 Å². The van der Waals surface area contributed by atoms with Crippen LogP contribution in [0.2, 0.25) is 0 Å². The Balaban J connectivity index is 1.49. The number of carbonyl (C=O) groups excluding carboxylic acids is 2. The Labute approximate surface area is 205 Å². The topological polar surface area (TPSA) is 105 Å². The van der Waals surface area contributed by atoms with Crippen molar-refractivity contribution in [1.29, 1.82) is 0 Å². The van der Waals surface area contributed by atoms with Gasteiger partial charge in [-0.25, -0.2) is 4.79 Å². The Morgan fingerprint density at radius 3 is 2.17 bits per heavy atom. The number of nitrogens with zero attached hydrogens (tertiary/aromatic N) is 1. The number of carbonyl (C=O) groups is 3. The Hall–Kier alpha value is -3.39. The molecule has 2 aromatic rings. The summed E-state index contributed by atoms with van der Waals surface area (Å²) in [6.07, 6.45) is 1.42. The summed E-state index contributed by atoms with van der Waals surface area (Å²) in [6.45, 7) is 1.71. The number of carboxylic acids is 1. The van der Waals surface area contributed by atoms with Gasteiger partial charge in [0.15, 0.2) is 0 Å². The zero-order chi connectivity index (χ0) is 25.0. The Morgan fingerprint density at radius 2 is 1.66 bits per heavy atom. The quantitative estimate of drug-likeness (QED) is 0.509. The first-order valence-corrected chi connectivity index (χ1v) is 12.0. The van der Waals surface area contributed by atoms with Gasteiger partial charge in [-0.2, -0.15) is 0 Å². The second kappa shape index (κ2) is 10.5. The van der Waals surface area contributed by atoms with Crippen LogP contribution in [-0.4, -0.2) is 66.9 Å². The molecule has 0 aliphatic heterocycles. The van der Waals surface area contributed by atoms with Crippen LogP contribution in [0.25, 0.3) is 11.1 Å². The van der Waals surface area contributed by atoms with Gasteiger partial charge in [0.2, 0.25) is 0 Å². The summed E-state index contributed by atoms with van der Waals surface area (Å²) in [5.41, 5.74) is 3.02. The first-order chi connectivity index (χ1) is 16.9. The lowest BCUT2D eigenvalue weighted by molar-refractivity contribution is -0.149. The molecule has 2 amide bonds. The van der Waals surface area contributed by atoms with Gasteiger partial charge in [-0.3, -0.25) is 9.59 Å². The molecule has 35 heavy (non-hydrogen) atoms. The summed E-state index contributed by atoms with van der Waals surface area (Å²) in [7, 11) is 1.44. The third-order valence-electron chi connectivity index (χ3n) is 6.88. The number of fused-ring (bicyclic) bond motifs is 3. The van der Waals surface area contributed by atoms with E-state index in [4.69, 9.17) is 9.47 Å². The van der Waals surface area contributed by atoms with Gasteiger partial charge in [0.05, 0.1) is 6.61 Å². The van der Waals surface area contributed by atoms with E-state index < -0.39 is 30.1 Å². The van der Waals surface area contributed by atoms with Crippen molar-refractivity contribution >= 4 is 18.0 Å². The molecule has 2 aromatic carbocycles. The van der Waals surface area contributed by atoms with Crippen LogP contribution in [0.15, 0.2) is 48.5 Å². The number of alkyl carbamates (subject to hydrolysis) is 1. The van der Waals surface area contributed by atoms with Crippen LogP contribution in [0.5, 0.6) is 0 Å². The molecule has 8 heteroatoms. The summed E-state index contributed by atoms with van der Waals surface area (Å²) >= 11 is 0. The number of benzene rings is 2. The van der Waals surface area contributed by atoms with Crippen molar-refractivity contribution in [3.63, 3.8) is 0 Å². The molecular weight excluding hydrogens is 448 g/mol. The second-order valence-electron chi connectivity index (χ2n) is 9.34. The number of methoxy groups -OCH3 is 1. The number of hydrogen-bond acceptors (Lipinski definition) is 5. The number of carboxylic acid groups (broad SMARTS) is 1. The molecule has 8 nitrogen and oxygen atoms in total. The zero-order valence-electron chi connectivity index (χ0n) is 20.2. The molecule has 1 fully saturated rings. The van der Waals surface area contributed by atoms with Gasteiger partial charge in [-0.1, -0.05) is 55.5 Å². The number of aliphatic carboxylic acids is 1. The predicted molar refractivity (Wildman–Crippen MR) is 130 cm³/mol. The van der Waals surface area contributed by atoms with E-state index in [1.807, 2.05) is 36.4 Å². The van der Waals surface area contributed by atoms with E-state index in [0.717, 1.165) is 35.1 Å². The molecule has 1 unspecified atom stereocenters. The molecular formula is C27H32N2O6. The Morgan fingerprint density at radius 1 is 1.06 bits per heavy atom. The highest BCUT2D eigenvalue weighted by Gasteiger charge is 2.44. The van der Waals surface area contributed by atoms with Gasteiger partial charge >= 0.3 is 12.1 Å². The normalized spacial score (nSPS) is 16.1. The predicted octanol–water partition coefficient (Wildman–Crippen LogP) is 3.64. The lowest BCUT2D eigenvalue weighted by Gasteiger charge is -2.36. The summed E-state index contributed by atoms with van der Waals surface area (Å²) in [5, 5.41) is 12.1. The minimum absolute atomic E-state index is 0.0900. The minimum atomic E-state index is -1.42. The number of ether oxygens (including phenoxy) is 2. The van der Waals surface area contributed by atoms with Crippen LogP contribution < -0.4 is 5.32 Å². The molecule has 0 saturated heterocycles. The molecule has 2 N–H and O–H groups in total. The first-order valence-electron chi connectivity index (χ1n) is 12.0. The van der Waals surface area contributed by atoms with Gasteiger partial charge in [0.1, 0.15) is 18.7 Å². The van der Waals surface area contributed by atoms with E-state index in [0.29, 0.717) is 12.5 Å². The molecule has 0 bridgehead atoms. The van der Waals surface area contributed by atoms with Crippen LogP contribution in [0, 0.1) is 5.92 Å². The second-order valence-corrected chi connectivity index (χ2v) is 9.34. The maximum absolute atomic E-state index is 13.5. The van der Waals surface area contributed by atoms with E-state index in [1.54, 1.807) is 6.92 Å². The summed E-state index contributed by atoms with van der Waals surface area (Å²) < 4.78 is 11.0. The average molecular weight is 481 g/mol. The highest BCUT2D eigenvalue weighted by molar-refractivity contribution is 5.92. The van der Waals surface area contributed by atoms with Crippen LogP contribution in [-0.2, 0) is 19.1 Å². The molecule has 1 saturated carbocycles. The van der Waals surface area contributed by atoms with E-state index in [9.17, 15) is 19.5 Å². The van der Waals surface area contributed by atoms with E-state index in [2.05, 4.69) is 17.4 Å². The van der Waals surface area contributed by atoms with Crippen molar-refractivity contribution in [2.75, 3.05) is 33.4 Å². The number of rotatable bonds is 11. The van der Waals surface area contributed by atoms with Crippen LogP contribution >= 0.6 is 0 Å². The molecule has 2 aliphatic carbocycles. The van der Waals surface area contributed by atoms with Gasteiger partial charge in [0, 0.05) is 19.6 Å². The van der Waals surface area contributed by atoms with Crippen LogP contribution in [0.4, 0.5) is 4.79 Å². The molecule has 0 spiro atoms.